The summed E-state index contributed by atoms with van der Waals surface area (Å²) in [6.07, 6.45) is 3.63. The van der Waals surface area contributed by atoms with Gasteiger partial charge >= 0.3 is 5.97 Å². The fourth-order valence-electron chi connectivity index (χ4n) is 4.62. The summed E-state index contributed by atoms with van der Waals surface area (Å²) in [7, 11) is 0. The molecule has 3 heterocycles. The molecule has 0 saturated carbocycles. The van der Waals surface area contributed by atoms with Gasteiger partial charge in [-0.1, -0.05) is 24.3 Å². The number of carboxylic acids is 1. The van der Waals surface area contributed by atoms with Crippen LogP contribution in [0.4, 0.5) is 10.1 Å². The normalized spacial score (nSPS) is 16.8. The maximum Gasteiger partial charge on any atom is 0.335 e. The number of halogens is 1. The summed E-state index contributed by atoms with van der Waals surface area (Å²) in [5.41, 5.74) is 2.58. The summed E-state index contributed by atoms with van der Waals surface area (Å²) in [5.74, 6) is -1.87. The number of hydrogen-bond donors (Lipinski definition) is 3. The first-order valence-electron chi connectivity index (χ1n) is 12.0. The van der Waals surface area contributed by atoms with Crippen molar-refractivity contribution in [2.24, 2.45) is 0 Å². The average Bonchev–Trinajstić information content (AvgIpc) is 3.53. The molecule has 10 heteroatoms. The molecule has 1 saturated heterocycles. The molecule has 4 aromatic rings. The molecule has 1 amide bonds. The molecule has 8 nitrogen and oxygen atoms in total. The van der Waals surface area contributed by atoms with E-state index in [0.29, 0.717) is 10.8 Å². The fourth-order valence-corrected chi connectivity index (χ4v) is 4.96. The van der Waals surface area contributed by atoms with Crippen molar-refractivity contribution in [1.29, 1.82) is 0 Å². The third-order valence-corrected chi connectivity index (χ3v) is 6.73. The highest BCUT2D eigenvalue weighted by molar-refractivity contribution is 7.80. The molecular formula is C28H24FN5O3S. The standard InChI is InChI=1S/C28H24FN5O3S/c29-20-9-1-2-10-21(20)31-24(35)13-16-34-26(25(32-28(34)38)22-11-3-4-14-30-22)23-12-6-15-33(23)19-8-5-7-18(17-19)27(36)37/h1-12,14-15,17,25-26H,13,16H2,(H,31,35)(H,32,38)(H,36,37)/t25-,26-/m0/s1. The second kappa shape index (κ2) is 10.8. The van der Waals surface area contributed by atoms with Crippen LogP contribution in [-0.2, 0) is 4.79 Å². The molecule has 0 aliphatic carbocycles. The Morgan fingerprint density at radius 1 is 1.05 bits per heavy atom. The Morgan fingerprint density at radius 2 is 1.87 bits per heavy atom. The molecule has 2 atom stereocenters. The molecule has 192 valence electrons. The van der Waals surface area contributed by atoms with Crippen LogP contribution >= 0.6 is 12.2 Å². The summed E-state index contributed by atoms with van der Waals surface area (Å²) in [4.78, 5) is 30.8. The summed E-state index contributed by atoms with van der Waals surface area (Å²) >= 11 is 5.69. The number of para-hydroxylation sites is 1. The molecule has 0 unspecified atom stereocenters. The second-order valence-electron chi connectivity index (χ2n) is 8.76. The topological polar surface area (TPSA) is 99.5 Å². The van der Waals surface area contributed by atoms with Crippen molar-refractivity contribution in [3.05, 3.63) is 114 Å². The van der Waals surface area contributed by atoms with Gasteiger partial charge in [0.2, 0.25) is 5.91 Å². The van der Waals surface area contributed by atoms with Crippen molar-refractivity contribution in [2.75, 3.05) is 11.9 Å². The molecule has 1 aliphatic heterocycles. The van der Waals surface area contributed by atoms with Gasteiger partial charge in [-0.2, -0.15) is 0 Å². The molecule has 2 aromatic carbocycles. The molecule has 0 radical (unpaired) electrons. The van der Waals surface area contributed by atoms with Crippen molar-refractivity contribution in [2.45, 2.75) is 18.5 Å². The van der Waals surface area contributed by atoms with Crippen LogP contribution in [0.5, 0.6) is 0 Å². The number of rotatable bonds is 8. The zero-order valence-corrected chi connectivity index (χ0v) is 20.9. The van der Waals surface area contributed by atoms with Gasteiger partial charge in [-0.25, -0.2) is 9.18 Å². The quantitative estimate of drug-likeness (QED) is 0.284. The number of thiocarbonyl (C=S) groups is 1. The van der Waals surface area contributed by atoms with Crippen LogP contribution in [-0.4, -0.2) is 43.1 Å². The van der Waals surface area contributed by atoms with Crippen LogP contribution < -0.4 is 10.6 Å². The van der Waals surface area contributed by atoms with E-state index in [1.807, 2.05) is 52.1 Å². The predicted octanol–water partition coefficient (Wildman–Crippen LogP) is 4.71. The molecule has 3 N–H and O–H groups in total. The molecule has 1 aliphatic rings. The third kappa shape index (κ3) is 5.12. The van der Waals surface area contributed by atoms with Crippen molar-refractivity contribution in [3.8, 4) is 5.69 Å². The first kappa shape index (κ1) is 25.1. The van der Waals surface area contributed by atoms with Gasteiger partial charge in [0.05, 0.1) is 29.0 Å². The molecule has 0 bridgehead atoms. The zero-order valence-electron chi connectivity index (χ0n) is 20.1. The largest absolute Gasteiger partial charge is 0.478 e. The lowest BCUT2D eigenvalue weighted by Gasteiger charge is -2.29. The number of nitrogens with zero attached hydrogens (tertiary/aromatic N) is 3. The van der Waals surface area contributed by atoms with Gasteiger partial charge in [0.25, 0.3) is 0 Å². The number of pyridine rings is 1. The highest BCUT2D eigenvalue weighted by atomic mass is 32.1. The first-order chi connectivity index (χ1) is 18.4. The van der Waals surface area contributed by atoms with Gasteiger partial charge < -0.3 is 25.2 Å². The first-order valence-corrected chi connectivity index (χ1v) is 12.4. The molecule has 38 heavy (non-hydrogen) atoms. The lowest BCUT2D eigenvalue weighted by Crippen LogP contribution is -2.33. The average molecular weight is 530 g/mol. The number of anilines is 1. The van der Waals surface area contributed by atoms with E-state index in [-0.39, 0.29) is 42.2 Å². The van der Waals surface area contributed by atoms with Crippen LogP contribution in [0.15, 0.2) is 91.3 Å². The SMILES string of the molecule is O=C(CCN1C(=S)N[C@@H](c2ccccn2)[C@@H]1c1cccn1-c1cccc(C(=O)O)c1)Nc1ccccc1F. The van der Waals surface area contributed by atoms with E-state index in [1.54, 1.807) is 36.5 Å². The number of nitrogens with one attached hydrogen (secondary N) is 2. The van der Waals surface area contributed by atoms with E-state index in [2.05, 4.69) is 15.6 Å². The van der Waals surface area contributed by atoms with Gasteiger partial charge in [0.1, 0.15) is 5.82 Å². The monoisotopic (exact) mass is 529 g/mol. The second-order valence-corrected chi connectivity index (χ2v) is 9.14. The van der Waals surface area contributed by atoms with Crippen molar-refractivity contribution in [1.82, 2.24) is 19.8 Å². The Balaban J connectivity index is 1.47. The minimum Gasteiger partial charge on any atom is -0.478 e. The van der Waals surface area contributed by atoms with Gasteiger partial charge in [0.15, 0.2) is 5.11 Å². The Labute approximate surface area is 223 Å². The lowest BCUT2D eigenvalue weighted by atomic mass is 10.0. The van der Waals surface area contributed by atoms with Crippen LogP contribution in [0.25, 0.3) is 5.69 Å². The molecule has 2 aromatic heterocycles. The Morgan fingerprint density at radius 3 is 2.63 bits per heavy atom. The van der Waals surface area contributed by atoms with E-state index in [0.717, 1.165) is 11.4 Å². The highest BCUT2D eigenvalue weighted by Gasteiger charge is 2.41. The third-order valence-electron chi connectivity index (χ3n) is 6.38. The van der Waals surface area contributed by atoms with E-state index in [4.69, 9.17) is 12.2 Å². The number of carbonyl (C=O) groups is 2. The number of amides is 1. The number of benzene rings is 2. The zero-order chi connectivity index (χ0) is 26.6. The Hall–Kier alpha value is -4.57. The maximum absolute atomic E-state index is 14.0. The van der Waals surface area contributed by atoms with Gasteiger partial charge in [0, 0.05) is 36.7 Å². The Kier molecular flexibility index (Phi) is 7.14. The summed E-state index contributed by atoms with van der Waals surface area (Å²) in [6, 6.07) is 21.4. The smallest absolute Gasteiger partial charge is 0.335 e. The number of carboxylic acid groups (broad SMARTS) is 1. The van der Waals surface area contributed by atoms with Gasteiger partial charge in [-0.15, -0.1) is 0 Å². The predicted molar refractivity (Wildman–Crippen MR) is 145 cm³/mol. The lowest BCUT2D eigenvalue weighted by molar-refractivity contribution is -0.116. The van der Waals surface area contributed by atoms with Crippen molar-refractivity contribution in [3.63, 3.8) is 0 Å². The maximum atomic E-state index is 14.0. The van der Waals surface area contributed by atoms with Crippen molar-refractivity contribution < 1.29 is 19.1 Å². The number of aromatic carboxylic acids is 1. The molecule has 1 fully saturated rings. The fraction of sp³-hybridized carbons (Fsp3) is 0.143. The minimum atomic E-state index is -1.02. The number of hydrogen-bond acceptors (Lipinski definition) is 4. The number of aromatic nitrogens is 2. The minimum absolute atomic E-state index is 0.0663. The Bertz CT molecular complexity index is 1490. The molecular weight excluding hydrogens is 505 g/mol. The van der Waals surface area contributed by atoms with E-state index in [9.17, 15) is 19.1 Å². The summed E-state index contributed by atoms with van der Waals surface area (Å²) in [5, 5.41) is 15.9. The van der Waals surface area contributed by atoms with Crippen molar-refractivity contribution >= 4 is 34.9 Å². The van der Waals surface area contributed by atoms with Gasteiger partial charge in [-0.05, 0) is 66.8 Å². The van der Waals surface area contributed by atoms with Crippen LogP contribution in [0, 0.1) is 5.82 Å². The van der Waals surface area contributed by atoms with Crippen LogP contribution in [0.3, 0.4) is 0 Å². The van der Waals surface area contributed by atoms with Crippen LogP contribution in [0.1, 0.15) is 40.3 Å². The summed E-state index contributed by atoms with van der Waals surface area (Å²) in [6.45, 7) is 0.264. The highest BCUT2D eigenvalue weighted by Crippen LogP contribution is 2.39. The van der Waals surface area contributed by atoms with E-state index in [1.165, 1.54) is 12.1 Å². The van der Waals surface area contributed by atoms with E-state index < -0.39 is 11.8 Å². The van der Waals surface area contributed by atoms with Crippen LogP contribution in [0.2, 0.25) is 0 Å². The molecule has 5 rings (SSSR count). The molecule has 0 spiro atoms. The van der Waals surface area contributed by atoms with Gasteiger partial charge in [-0.3, -0.25) is 9.78 Å². The number of carbonyl (C=O) groups excluding carboxylic acids is 1. The summed E-state index contributed by atoms with van der Waals surface area (Å²) < 4.78 is 15.9. The van der Waals surface area contributed by atoms with E-state index >= 15 is 0 Å².